The molecule has 0 saturated carbocycles. The maximum atomic E-state index is 6.07. The number of rotatable bonds is 7. The molecule has 0 N–H and O–H groups in total. The second kappa shape index (κ2) is 8.21. The van der Waals surface area contributed by atoms with Gasteiger partial charge in [0.05, 0.1) is 12.1 Å². The number of ether oxygens (including phenoxy) is 1. The molecule has 2 aliphatic rings. The Morgan fingerprint density at radius 2 is 1.76 bits per heavy atom. The van der Waals surface area contributed by atoms with Crippen LogP contribution in [-0.2, 0) is 6.54 Å². The Hall–Kier alpha value is -2.92. The van der Waals surface area contributed by atoms with Crippen molar-refractivity contribution < 1.29 is 4.74 Å². The van der Waals surface area contributed by atoms with Gasteiger partial charge >= 0.3 is 0 Å². The SMILES string of the molecule is C1=NCC(c2ccc(Oc3ccc4nn(CCCN5CCCC5)cc4c3)cc2)=C1. The minimum Gasteiger partial charge on any atom is -0.457 e. The third-order valence-corrected chi connectivity index (χ3v) is 5.69. The Labute approximate surface area is 171 Å². The molecule has 0 radical (unpaired) electrons. The molecule has 0 atom stereocenters. The molecule has 0 aliphatic carbocycles. The van der Waals surface area contributed by atoms with E-state index in [9.17, 15) is 0 Å². The van der Waals surface area contributed by atoms with Gasteiger partial charge in [-0.05, 0) is 86.4 Å². The molecule has 3 aromatic rings. The van der Waals surface area contributed by atoms with E-state index in [2.05, 4.69) is 45.0 Å². The van der Waals surface area contributed by atoms with Crippen molar-refractivity contribution in [2.45, 2.75) is 25.8 Å². The summed E-state index contributed by atoms with van der Waals surface area (Å²) in [5, 5.41) is 5.82. The molecule has 0 unspecified atom stereocenters. The van der Waals surface area contributed by atoms with Gasteiger partial charge in [0.25, 0.3) is 0 Å². The Morgan fingerprint density at radius 1 is 0.931 bits per heavy atom. The van der Waals surface area contributed by atoms with Crippen molar-refractivity contribution in [3.8, 4) is 11.5 Å². The van der Waals surface area contributed by atoms with Gasteiger partial charge in [-0.15, -0.1) is 0 Å². The van der Waals surface area contributed by atoms with Crippen molar-refractivity contribution >= 4 is 22.7 Å². The summed E-state index contributed by atoms with van der Waals surface area (Å²) >= 11 is 0. The fourth-order valence-corrected chi connectivity index (χ4v) is 4.10. The lowest BCUT2D eigenvalue weighted by atomic mass is 10.1. The number of hydrogen-bond acceptors (Lipinski definition) is 4. The van der Waals surface area contributed by atoms with Crippen LogP contribution in [0.15, 0.2) is 59.7 Å². The lowest BCUT2D eigenvalue weighted by Crippen LogP contribution is -2.21. The highest BCUT2D eigenvalue weighted by molar-refractivity contribution is 5.89. The summed E-state index contributed by atoms with van der Waals surface area (Å²) in [5.74, 6) is 1.68. The van der Waals surface area contributed by atoms with E-state index in [1.165, 1.54) is 43.6 Å². The molecular weight excluding hydrogens is 360 g/mol. The first-order chi connectivity index (χ1) is 14.3. The first-order valence-corrected chi connectivity index (χ1v) is 10.5. The Bertz CT molecular complexity index is 1040. The number of likely N-dealkylation sites (tertiary alicyclic amines) is 1. The van der Waals surface area contributed by atoms with Gasteiger partial charge in [0.2, 0.25) is 0 Å². The minimum absolute atomic E-state index is 0.763. The second-order valence-electron chi connectivity index (χ2n) is 7.82. The van der Waals surface area contributed by atoms with Crippen molar-refractivity contribution in [3.05, 3.63) is 60.3 Å². The molecule has 0 spiro atoms. The number of allylic oxidation sites excluding steroid dienone is 1. The summed E-state index contributed by atoms with van der Waals surface area (Å²) < 4.78 is 8.13. The third kappa shape index (κ3) is 4.25. The van der Waals surface area contributed by atoms with Gasteiger partial charge < -0.3 is 9.64 Å². The van der Waals surface area contributed by atoms with Gasteiger partial charge in [-0.1, -0.05) is 12.1 Å². The maximum absolute atomic E-state index is 6.07. The second-order valence-corrected chi connectivity index (χ2v) is 7.82. The minimum atomic E-state index is 0.763. The quantitative estimate of drug-likeness (QED) is 0.587. The molecule has 0 amide bonds. The number of aromatic nitrogens is 2. The van der Waals surface area contributed by atoms with Crippen molar-refractivity contribution in [2.75, 3.05) is 26.2 Å². The molecule has 148 valence electrons. The highest BCUT2D eigenvalue weighted by atomic mass is 16.5. The first kappa shape index (κ1) is 18.1. The molecule has 5 heteroatoms. The molecule has 5 nitrogen and oxygen atoms in total. The van der Waals surface area contributed by atoms with E-state index in [-0.39, 0.29) is 0 Å². The van der Waals surface area contributed by atoms with Crippen LogP contribution in [0.1, 0.15) is 24.8 Å². The average Bonchev–Trinajstić information content (AvgIpc) is 3.50. The van der Waals surface area contributed by atoms with Crippen molar-refractivity contribution in [2.24, 2.45) is 4.99 Å². The zero-order valence-corrected chi connectivity index (χ0v) is 16.6. The number of benzene rings is 2. The van der Waals surface area contributed by atoms with Crippen molar-refractivity contribution in [1.29, 1.82) is 0 Å². The fourth-order valence-electron chi connectivity index (χ4n) is 4.10. The number of aliphatic imine (C=N–C) groups is 1. The predicted octanol–water partition coefficient (Wildman–Crippen LogP) is 4.78. The van der Waals surface area contributed by atoms with Crippen LogP contribution in [0.3, 0.4) is 0 Å². The lowest BCUT2D eigenvalue weighted by molar-refractivity contribution is 0.322. The zero-order chi connectivity index (χ0) is 19.5. The van der Waals surface area contributed by atoms with Gasteiger partial charge in [0, 0.05) is 24.3 Å². The van der Waals surface area contributed by atoms with E-state index in [1.54, 1.807) is 0 Å². The lowest BCUT2D eigenvalue weighted by Gasteiger charge is -2.13. The normalized spacial score (nSPS) is 16.6. The number of hydrogen-bond donors (Lipinski definition) is 0. The Kier molecular flexibility index (Phi) is 5.13. The van der Waals surface area contributed by atoms with Gasteiger partial charge in [-0.25, -0.2) is 0 Å². The summed E-state index contributed by atoms with van der Waals surface area (Å²) in [6, 6.07) is 14.3. The molecule has 29 heavy (non-hydrogen) atoms. The molecular formula is C24H26N4O. The Balaban J connectivity index is 1.22. The van der Waals surface area contributed by atoms with Crippen LogP contribution in [0.25, 0.3) is 16.5 Å². The van der Waals surface area contributed by atoms with E-state index in [4.69, 9.17) is 9.84 Å². The highest BCUT2D eigenvalue weighted by Gasteiger charge is 2.11. The molecule has 1 aromatic heterocycles. The fraction of sp³-hybridized carbons (Fsp3) is 0.333. The van der Waals surface area contributed by atoms with Gasteiger partial charge in [-0.3, -0.25) is 9.67 Å². The van der Waals surface area contributed by atoms with Crippen LogP contribution in [0.5, 0.6) is 11.5 Å². The molecule has 0 bridgehead atoms. The molecule has 1 fully saturated rings. The van der Waals surface area contributed by atoms with E-state index in [0.29, 0.717) is 0 Å². The van der Waals surface area contributed by atoms with E-state index in [1.807, 2.05) is 30.5 Å². The maximum Gasteiger partial charge on any atom is 0.128 e. The van der Waals surface area contributed by atoms with Gasteiger partial charge in [-0.2, -0.15) is 5.10 Å². The topological polar surface area (TPSA) is 42.7 Å². The van der Waals surface area contributed by atoms with Crippen LogP contribution in [0, 0.1) is 0 Å². The smallest absolute Gasteiger partial charge is 0.128 e. The molecule has 5 rings (SSSR count). The predicted molar refractivity (Wildman–Crippen MR) is 118 cm³/mol. The van der Waals surface area contributed by atoms with E-state index in [0.717, 1.165) is 41.9 Å². The zero-order valence-electron chi connectivity index (χ0n) is 16.6. The highest BCUT2D eigenvalue weighted by Crippen LogP contribution is 2.27. The number of fused-ring (bicyclic) bond motifs is 1. The average molecular weight is 386 g/mol. The van der Waals surface area contributed by atoms with Crippen LogP contribution in [0.4, 0.5) is 0 Å². The van der Waals surface area contributed by atoms with Crippen LogP contribution in [0.2, 0.25) is 0 Å². The van der Waals surface area contributed by atoms with Crippen LogP contribution in [-0.4, -0.2) is 47.1 Å². The first-order valence-electron chi connectivity index (χ1n) is 10.5. The summed E-state index contributed by atoms with van der Waals surface area (Å²) in [4.78, 5) is 6.79. The van der Waals surface area contributed by atoms with Crippen molar-refractivity contribution in [3.63, 3.8) is 0 Å². The number of nitrogens with zero attached hydrogens (tertiary/aromatic N) is 4. The van der Waals surface area contributed by atoms with Crippen molar-refractivity contribution in [1.82, 2.24) is 14.7 Å². The summed E-state index contributed by atoms with van der Waals surface area (Å²) in [6.45, 7) is 5.41. The third-order valence-electron chi connectivity index (χ3n) is 5.69. The summed E-state index contributed by atoms with van der Waals surface area (Å²) in [7, 11) is 0. The molecule has 1 saturated heterocycles. The van der Waals surface area contributed by atoms with Crippen LogP contribution < -0.4 is 4.74 Å². The molecule has 2 aliphatic heterocycles. The van der Waals surface area contributed by atoms with Crippen LogP contribution >= 0.6 is 0 Å². The Morgan fingerprint density at radius 3 is 2.55 bits per heavy atom. The monoisotopic (exact) mass is 386 g/mol. The van der Waals surface area contributed by atoms with E-state index < -0.39 is 0 Å². The van der Waals surface area contributed by atoms with E-state index >= 15 is 0 Å². The largest absolute Gasteiger partial charge is 0.457 e. The summed E-state index contributed by atoms with van der Waals surface area (Å²) in [5.41, 5.74) is 3.46. The summed E-state index contributed by atoms with van der Waals surface area (Å²) in [6.07, 6.45) is 9.90. The van der Waals surface area contributed by atoms with Gasteiger partial charge in [0.15, 0.2) is 0 Å². The molecule has 3 heterocycles. The number of aryl methyl sites for hydroxylation is 1. The van der Waals surface area contributed by atoms with Gasteiger partial charge in [0.1, 0.15) is 11.5 Å². The standard InChI is InChI=1S/C24H26N4O/c1-2-13-27(12-1)14-3-15-28-18-21-16-23(8-9-24(21)26-28)29-22-6-4-19(5-7-22)20-10-11-25-17-20/h4-11,16,18H,1-3,12-15,17H2. The molecule has 2 aromatic carbocycles.